The van der Waals surface area contributed by atoms with Gasteiger partial charge >= 0.3 is 0 Å². The van der Waals surface area contributed by atoms with Crippen molar-refractivity contribution in [3.63, 3.8) is 0 Å². The normalized spacial score (nSPS) is 14.3. The molecule has 5 heteroatoms. The molecule has 0 radical (unpaired) electrons. The zero-order chi connectivity index (χ0) is 14.1. The largest absolute Gasteiger partial charge is 0.384 e. The van der Waals surface area contributed by atoms with Gasteiger partial charge in [-0.1, -0.05) is 18.5 Å². The van der Waals surface area contributed by atoms with Crippen LogP contribution in [0.2, 0.25) is 5.02 Å². The average molecular weight is 295 g/mol. The van der Waals surface area contributed by atoms with Crippen LogP contribution in [0.1, 0.15) is 24.6 Å². The standard InChI is InChI=1S/C15H16ClFN2O/c1-2-4-18-14-10-6-9(17)7-12(16)15(10)19-13-3-5-20-8-11(13)14/h6-7H,2-5,8H2,1H3,(H,18,19). The number of rotatable bonds is 3. The summed E-state index contributed by atoms with van der Waals surface area (Å²) in [5.41, 5.74) is 3.59. The summed E-state index contributed by atoms with van der Waals surface area (Å²) in [7, 11) is 0. The number of fused-ring (bicyclic) bond motifs is 2. The predicted molar refractivity (Wildman–Crippen MR) is 78.9 cm³/mol. The summed E-state index contributed by atoms with van der Waals surface area (Å²) < 4.78 is 19.2. The molecule has 2 heterocycles. The third-order valence-corrected chi connectivity index (χ3v) is 3.76. The van der Waals surface area contributed by atoms with E-state index in [1.54, 1.807) is 0 Å². The van der Waals surface area contributed by atoms with Crippen molar-refractivity contribution in [2.24, 2.45) is 0 Å². The monoisotopic (exact) mass is 294 g/mol. The zero-order valence-corrected chi connectivity index (χ0v) is 12.1. The number of hydrogen-bond donors (Lipinski definition) is 1. The number of pyridine rings is 1. The number of anilines is 1. The first kappa shape index (κ1) is 13.6. The van der Waals surface area contributed by atoms with Gasteiger partial charge in [0.05, 0.1) is 35.1 Å². The van der Waals surface area contributed by atoms with Crippen LogP contribution in [0.5, 0.6) is 0 Å². The molecule has 0 unspecified atom stereocenters. The summed E-state index contributed by atoms with van der Waals surface area (Å²) in [6.07, 6.45) is 1.75. The average Bonchev–Trinajstić information content (AvgIpc) is 2.44. The van der Waals surface area contributed by atoms with Crippen molar-refractivity contribution in [3.8, 4) is 0 Å². The minimum atomic E-state index is -0.347. The van der Waals surface area contributed by atoms with E-state index in [9.17, 15) is 4.39 Å². The molecule has 0 fully saturated rings. The maximum absolute atomic E-state index is 13.7. The molecule has 3 nitrogen and oxygen atoms in total. The lowest BCUT2D eigenvalue weighted by Gasteiger charge is -2.22. The fourth-order valence-corrected chi connectivity index (χ4v) is 2.79. The van der Waals surface area contributed by atoms with E-state index in [0.717, 1.165) is 41.7 Å². The maximum Gasteiger partial charge on any atom is 0.125 e. The molecule has 0 atom stereocenters. The molecule has 0 spiro atoms. The Morgan fingerprint density at radius 2 is 2.30 bits per heavy atom. The molecular formula is C15H16ClFN2O. The van der Waals surface area contributed by atoms with Crippen LogP contribution in [0.3, 0.4) is 0 Å². The van der Waals surface area contributed by atoms with E-state index in [1.807, 2.05) is 0 Å². The topological polar surface area (TPSA) is 34.2 Å². The molecule has 1 aliphatic rings. The molecule has 2 aromatic rings. The summed E-state index contributed by atoms with van der Waals surface area (Å²) in [5, 5.41) is 4.46. The van der Waals surface area contributed by atoms with Gasteiger partial charge in [-0.15, -0.1) is 0 Å². The first-order valence-electron chi connectivity index (χ1n) is 6.82. The predicted octanol–water partition coefficient (Wildman–Crippen LogP) is 3.92. The van der Waals surface area contributed by atoms with Gasteiger partial charge in [-0.25, -0.2) is 4.39 Å². The highest BCUT2D eigenvalue weighted by molar-refractivity contribution is 6.35. The summed E-state index contributed by atoms with van der Waals surface area (Å²) >= 11 is 6.15. The molecule has 0 bridgehead atoms. The van der Waals surface area contributed by atoms with E-state index in [0.29, 0.717) is 23.8 Å². The van der Waals surface area contributed by atoms with E-state index < -0.39 is 0 Å². The Kier molecular flexibility index (Phi) is 3.76. The third-order valence-electron chi connectivity index (χ3n) is 3.48. The Morgan fingerprint density at radius 1 is 1.45 bits per heavy atom. The second kappa shape index (κ2) is 5.54. The van der Waals surface area contributed by atoms with E-state index >= 15 is 0 Å². The SMILES string of the molecule is CCCNc1c2c(nc3c(Cl)cc(F)cc13)CCOC2. The Balaban J connectivity index is 2.27. The Morgan fingerprint density at radius 3 is 3.10 bits per heavy atom. The van der Waals surface area contributed by atoms with Crippen molar-refractivity contribution in [1.82, 2.24) is 4.98 Å². The third kappa shape index (κ3) is 2.34. The molecule has 0 aliphatic carbocycles. The van der Waals surface area contributed by atoms with Crippen LogP contribution in [0.4, 0.5) is 10.1 Å². The molecule has 20 heavy (non-hydrogen) atoms. The molecule has 0 saturated carbocycles. The van der Waals surface area contributed by atoms with E-state index in [4.69, 9.17) is 16.3 Å². The highest BCUT2D eigenvalue weighted by Gasteiger charge is 2.20. The van der Waals surface area contributed by atoms with Crippen LogP contribution in [-0.2, 0) is 17.8 Å². The summed E-state index contributed by atoms with van der Waals surface area (Å²) in [4.78, 5) is 4.61. The lowest BCUT2D eigenvalue weighted by atomic mass is 10.0. The number of benzene rings is 1. The molecule has 1 aromatic carbocycles. The number of aromatic nitrogens is 1. The molecule has 1 aromatic heterocycles. The molecule has 1 aliphatic heterocycles. The van der Waals surface area contributed by atoms with Gasteiger partial charge in [0.25, 0.3) is 0 Å². The van der Waals surface area contributed by atoms with Gasteiger partial charge in [0.15, 0.2) is 0 Å². The van der Waals surface area contributed by atoms with Gasteiger partial charge in [-0.3, -0.25) is 4.98 Å². The van der Waals surface area contributed by atoms with Crippen LogP contribution in [0.15, 0.2) is 12.1 Å². The van der Waals surface area contributed by atoms with Crippen molar-refractivity contribution in [2.75, 3.05) is 18.5 Å². The van der Waals surface area contributed by atoms with Gasteiger partial charge in [-0.2, -0.15) is 0 Å². The van der Waals surface area contributed by atoms with Crippen LogP contribution < -0.4 is 5.32 Å². The number of ether oxygens (including phenoxy) is 1. The minimum absolute atomic E-state index is 0.347. The summed E-state index contributed by atoms with van der Waals surface area (Å²) in [6, 6.07) is 2.80. The molecule has 106 valence electrons. The fourth-order valence-electron chi connectivity index (χ4n) is 2.54. The first-order chi connectivity index (χ1) is 9.70. The molecule has 1 N–H and O–H groups in total. The number of halogens is 2. The smallest absolute Gasteiger partial charge is 0.125 e. The molecular weight excluding hydrogens is 279 g/mol. The van der Waals surface area contributed by atoms with Crippen molar-refractivity contribution in [2.45, 2.75) is 26.4 Å². The highest BCUT2D eigenvalue weighted by Crippen LogP contribution is 2.35. The lowest BCUT2D eigenvalue weighted by molar-refractivity contribution is 0.110. The molecule has 3 rings (SSSR count). The number of nitrogens with one attached hydrogen (secondary N) is 1. The Bertz CT molecular complexity index is 660. The first-order valence-corrected chi connectivity index (χ1v) is 7.20. The number of hydrogen-bond acceptors (Lipinski definition) is 3. The van der Waals surface area contributed by atoms with Gasteiger partial charge < -0.3 is 10.1 Å². The van der Waals surface area contributed by atoms with Crippen LogP contribution in [0.25, 0.3) is 10.9 Å². The second-order valence-electron chi connectivity index (χ2n) is 4.93. The van der Waals surface area contributed by atoms with E-state index in [-0.39, 0.29) is 5.82 Å². The second-order valence-corrected chi connectivity index (χ2v) is 5.33. The maximum atomic E-state index is 13.7. The minimum Gasteiger partial charge on any atom is -0.384 e. The van der Waals surface area contributed by atoms with Crippen molar-refractivity contribution in [1.29, 1.82) is 0 Å². The van der Waals surface area contributed by atoms with E-state index in [2.05, 4.69) is 17.2 Å². The lowest BCUT2D eigenvalue weighted by Crippen LogP contribution is -2.16. The number of nitrogens with zero attached hydrogens (tertiary/aromatic N) is 1. The van der Waals surface area contributed by atoms with Crippen molar-refractivity contribution in [3.05, 3.63) is 34.2 Å². The molecule has 0 saturated heterocycles. The van der Waals surface area contributed by atoms with Gasteiger partial charge in [-0.05, 0) is 18.6 Å². The fraction of sp³-hybridized carbons (Fsp3) is 0.400. The van der Waals surface area contributed by atoms with Gasteiger partial charge in [0.2, 0.25) is 0 Å². The van der Waals surface area contributed by atoms with Crippen LogP contribution in [0, 0.1) is 5.82 Å². The van der Waals surface area contributed by atoms with E-state index in [1.165, 1.54) is 12.1 Å². The van der Waals surface area contributed by atoms with Crippen LogP contribution >= 0.6 is 11.6 Å². The Hall–Kier alpha value is -1.39. The summed E-state index contributed by atoms with van der Waals surface area (Å²) in [5.74, 6) is -0.347. The van der Waals surface area contributed by atoms with Gasteiger partial charge in [0.1, 0.15) is 5.82 Å². The van der Waals surface area contributed by atoms with Crippen molar-refractivity contribution < 1.29 is 9.13 Å². The summed E-state index contributed by atoms with van der Waals surface area (Å²) in [6.45, 7) is 4.09. The Labute approximate surface area is 122 Å². The highest BCUT2D eigenvalue weighted by atomic mass is 35.5. The van der Waals surface area contributed by atoms with Gasteiger partial charge in [0, 0.05) is 23.9 Å². The van der Waals surface area contributed by atoms with Crippen LogP contribution in [-0.4, -0.2) is 18.1 Å². The quantitative estimate of drug-likeness (QED) is 0.931. The zero-order valence-electron chi connectivity index (χ0n) is 11.3. The molecule has 0 amide bonds. The van der Waals surface area contributed by atoms with Crippen molar-refractivity contribution >= 4 is 28.2 Å².